The summed E-state index contributed by atoms with van der Waals surface area (Å²) in [5, 5.41) is 2.94. The van der Waals surface area contributed by atoms with Gasteiger partial charge in [0.1, 0.15) is 0 Å². The second-order valence-corrected chi connectivity index (χ2v) is 6.25. The number of nitrogens with one attached hydrogen (secondary N) is 1. The average molecular weight is 323 g/mol. The van der Waals surface area contributed by atoms with Crippen molar-refractivity contribution >= 4 is 11.8 Å². The highest BCUT2D eigenvalue weighted by Gasteiger charge is 2.42. The van der Waals surface area contributed by atoms with Gasteiger partial charge in [-0.2, -0.15) is 0 Å². The highest BCUT2D eigenvalue weighted by atomic mass is 16.2. The average Bonchev–Trinajstić information content (AvgIpc) is 2.90. The van der Waals surface area contributed by atoms with Crippen LogP contribution in [-0.2, 0) is 16.1 Å². The number of benzene rings is 1. The zero-order valence-electron chi connectivity index (χ0n) is 13.9. The predicted octanol–water partition coefficient (Wildman–Crippen LogP) is 2.23. The van der Waals surface area contributed by atoms with Gasteiger partial charge in [0.25, 0.3) is 0 Å². The molecular formula is C19H21N3O2. The van der Waals surface area contributed by atoms with Crippen molar-refractivity contribution < 1.29 is 9.59 Å². The fourth-order valence-electron chi connectivity index (χ4n) is 3.15. The molecule has 2 heterocycles. The second-order valence-electron chi connectivity index (χ2n) is 6.25. The Kier molecular flexibility index (Phi) is 4.60. The van der Waals surface area contributed by atoms with Gasteiger partial charge >= 0.3 is 0 Å². The van der Waals surface area contributed by atoms with Gasteiger partial charge in [0.15, 0.2) is 0 Å². The van der Waals surface area contributed by atoms with Crippen molar-refractivity contribution in [3.63, 3.8) is 0 Å². The van der Waals surface area contributed by atoms with Gasteiger partial charge in [-0.1, -0.05) is 35.9 Å². The fourth-order valence-corrected chi connectivity index (χ4v) is 3.15. The van der Waals surface area contributed by atoms with Crippen LogP contribution >= 0.6 is 0 Å². The van der Waals surface area contributed by atoms with Crippen LogP contribution in [0.15, 0.2) is 48.8 Å². The smallest absolute Gasteiger partial charge is 0.226 e. The van der Waals surface area contributed by atoms with Crippen molar-refractivity contribution in [2.45, 2.75) is 25.9 Å². The molecule has 3 rings (SSSR count). The minimum absolute atomic E-state index is 0.00195. The van der Waals surface area contributed by atoms with Crippen molar-refractivity contribution in [1.29, 1.82) is 0 Å². The van der Waals surface area contributed by atoms with Gasteiger partial charge < -0.3 is 10.2 Å². The lowest BCUT2D eigenvalue weighted by molar-refractivity contribution is -0.128. The van der Waals surface area contributed by atoms with E-state index in [0.717, 1.165) is 16.7 Å². The topological polar surface area (TPSA) is 62.3 Å². The van der Waals surface area contributed by atoms with Crippen molar-refractivity contribution in [1.82, 2.24) is 15.2 Å². The quantitative estimate of drug-likeness (QED) is 0.938. The molecule has 2 aromatic rings. The molecule has 1 saturated heterocycles. The molecule has 5 heteroatoms. The number of amides is 2. The molecule has 5 nitrogen and oxygen atoms in total. The summed E-state index contributed by atoms with van der Waals surface area (Å²) in [4.78, 5) is 30.5. The number of carbonyl (C=O) groups is 2. The van der Waals surface area contributed by atoms with E-state index < -0.39 is 0 Å². The van der Waals surface area contributed by atoms with Crippen LogP contribution in [0.25, 0.3) is 0 Å². The summed E-state index contributed by atoms with van der Waals surface area (Å²) in [6, 6.07) is 11.5. The van der Waals surface area contributed by atoms with Crippen molar-refractivity contribution in [2.24, 2.45) is 5.92 Å². The zero-order chi connectivity index (χ0) is 17.1. The van der Waals surface area contributed by atoms with Crippen LogP contribution in [0.1, 0.15) is 29.2 Å². The Morgan fingerprint density at radius 3 is 2.71 bits per heavy atom. The zero-order valence-corrected chi connectivity index (χ0v) is 13.9. The monoisotopic (exact) mass is 323 g/mol. The van der Waals surface area contributed by atoms with Gasteiger partial charge in [-0.15, -0.1) is 0 Å². The van der Waals surface area contributed by atoms with Gasteiger partial charge in [-0.3, -0.25) is 14.6 Å². The number of aryl methyl sites for hydroxylation is 1. The van der Waals surface area contributed by atoms with Gasteiger partial charge in [-0.05, 0) is 24.1 Å². The third-order valence-corrected chi connectivity index (χ3v) is 4.53. The molecule has 0 bridgehead atoms. The first-order valence-electron chi connectivity index (χ1n) is 8.05. The lowest BCUT2D eigenvalue weighted by atomic mass is 9.92. The summed E-state index contributed by atoms with van der Waals surface area (Å²) >= 11 is 0. The molecule has 1 aliphatic rings. The Bertz CT molecular complexity index is 728. The molecule has 0 saturated carbocycles. The molecule has 0 radical (unpaired) electrons. The maximum absolute atomic E-state index is 12.7. The van der Waals surface area contributed by atoms with Crippen molar-refractivity contribution in [3.05, 3.63) is 65.5 Å². The molecule has 24 heavy (non-hydrogen) atoms. The van der Waals surface area contributed by atoms with Crippen LogP contribution in [-0.4, -0.2) is 28.7 Å². The lowest BCUT2D eigenvalue weighted by Crippen LogP contribution is -2.34. The van der Waals surface area contributed by atoms with Gasteiger partial charge in [0.2, 0.25) is 11.8 Å². The molecular weight excluding hydrogens is 302 g/mol. The summed E-state index contributed by atoms with van der Waals surface area (Å²) in [7, 11) is 1.77. The third kappa shape index (κ3) is 3.30. The highest BCUT2D eigenvalue weighted by Crippen LogP contribution is 2.37. The van der Waals surface area contributed by atoms with Crippen molar-refractivity contribution in [2.75, 3.05) is 7.05 Å². The normalized spacial score (nSPS) is 20.2. The summed E-state index contributed by atoms with van der Waals surface area (Å²) < 4.78 is 0. The Labute approximate surface area is 141 Å². The number of hydrogen-bond donors (Lipinski definition) is 1. The number of pyridine rings is 1. The maximum atomic E-state index is 12.7. The molecule has 124 valence electrons. The van der Waals surface area contributed by atoms with Gasteiger partial charge in [0, 0.05) is 32.4 Å². The van der Waals surface area contributed by atoms with Crippen LogP contribution in [0, 0.1) is 12.8 Å². The molecule has 0 unspecified atom stereocenters. The van der Waals surface area contributed by atoms with Crippen LogP contribution in [0.4, 0.5) is 0 Å². The van der Waals surface area contributed by atoms with E-state index in [9.17, 15) is 9.59 Å². The van der Waals surface area contributed by atoms with Crippen LogP contribution in [0.5, 0.6) is 0 Å². The lowest BCUT2D eigenvalue weighted by Gasteiger charge is -2.25. The SMILES string of the molecule is Cc1ccc([C@@H]2[C@H](C(=O)NCc3cccnc3)CC(=O)N2C)cc1. The third-order valence-electron chi connectivity index (χ3n) is 4.53. The fraction of sp³-hybridized carbons (Fsp3) is 0.316. The molecule has 2 atom stereocenters. The summed E-state index contributed by atoms with van der Waals surface area (Å²) in [5.74, 6) is -0.467. The van der Waals surface area contributed by atoms with Crippen LogP contribution in [0.3, 0.4) is 0 Å². The largest absolute Gasteiger partial charge is 0.352 e. The van der Waals surface area contributed by atoms with E-state index >= 15 is 0 Å². The first kappa shape index (κ1) is 16.2. The summed E-state index contributed by atoms with van der Waals surface area (Å²) in [6.45, 7) is 2.44. The van der Waals surface area contributed by atoms with E-state index in [2.05, 4.69) is 10.3 Å². The Morgan fingerprint density at radius 1 is 1.29 bits per heavy atom. The number of aromatic nitrogens is 1. The number of rotatable bonds is 4. The number of likely N-dealkylation sites (tertiary alicyclic amines) is 1. The standard InChI is InChI=1S/C19H21N3O2/c1-13-5-7-15(8-6-13)18-16(10-17(23)22(18)2)19(24)21-12-14-4-3-9-20-11-14/h3-9,11,16,18H,10,12H2,1-2H3,(H,21,24)/t16-,18-/m1/s1. The first-order valence-corrected chi connectivity index (χ1v) is 8.05. The van der Waals surface area contributed by atoms with Crippen molar-refractivity contribution in [3.8, 4) is 0 Å². The minimum Gasteiger partial charge on any atom is -0.352 e. The second kappa shape index (κ2) is 6.83. The first-order chi connectivity index (χ1) is 11.6. The Hall–Kier alpha value is -2.69. The number of hydrogen-bond acceptors (Lipinski definition) is 3. The Balaban J connectivity index is 1.75. The molecule has 1 fully saturated rings. The van der Waals surface area contributed by atoms with E-state index in [1.54, 1.807) is 24.3 Å². The molecule has 2 amide bonds. The maximum Gasteiger partial charge on any atom is 0.226 e. The van der Waals surface area contributed by atoms with E-state index in [0.29, 0.717) is 6.54 Å². The number of nitrogens with zero attached hydrogens (tertiary/aromatic N) is 2. The molecule has 0 spiro atoms. The van der Waals surface area contributed by atoms with Crippen LogP contribution in [0.2, 0.25) is 0 Å². The number of carbonyl (C=O) groups excluding carboxylic acids is 2. The minimum atomic E-state index is -0.373. The molecule has 0 aliphatic carbocycles. The van der Waals surface area contributed by atoms with E-state index in [1.807, 2.05) is 43.3 Å². The molecule has 1 aliphatic heterocycles. The van der Waals surface area contributed by atoms with E-state index in [-0.39, 0.29) is 30.2 Å². The molecule has 1 N–H and O–H groups in total. The van der Waals surface area contributed by atoms with Gasteiger partial charge in [-0.25, -0.2) is 0 Å². The Morgan fingerprint density at radius 2 is 2.04 bits per heavy atom. The molecule has 1 aromatic heterocycles. The van der Waals surface area contributed by atoms with Gasteiger partial charge in [0.05, 0.1) is 12.0 Å². The molecule has 1 aromatic carbocycles. The summed E-state index contributed by atoms with van der Waals surface area (Å²) in [6.07, 6.45) is 3.67. The summed E-state index contributed by atoms with van der Waals surface area (Å²) in [5.41, 5.74) is 3.09. The van der Waals surface area contributed by atoms with Crippen LogP contribution < -0.4 is 5.32 Å². The predicted molar refractivity (Wildman–Crippen MR) is 90.9 cm³/mol. The highest BCUT2D eigenvalue weighted by molar-refractivity contribution is 5.90. The van der Waals surface area contributed by atoms with E-state index in [1.165, 1.54) is 0 Å². The van der Waals surface area contributed by atoms with E-state index in [4.69, 9.17) is 0 Å².